The van der Waals surface area contributed by atoms with E-state index in [1.165, 1.54) is 6.07 Å². The Morgan fingerprint density at radius 2 is 2.15 bits per heavy atom. The second kappa shape index (κ2) is 5.97. The number of anilines is 1. The van der Waals surface area contributed by atoms with Crippen molar-refractivity contribution in [2.24, 2.45) is 0 Å². The monoisotopic (exact) mass is 289 g/mol. The van der Waals surface area contributed by atoms with Gasteiger partial charge in [0.2, 0.25) is 0 Å². The lowest BCUT2D eigenvalue weighted by Gasteiger charge is -2.34. The molecule has 2 rings (SSSR count). The highest BCUT2D eigenvalue weighted by Crippen LogP contribution is 2.29. The summed E-state index contributed by atoms with van der Waals surface area (Å²) in [6.45, 7) is 2.61. The largest absolute Gasteiger partial charge is 0.417 e. The maximum absolute atomic E-state index is 12.5. The van der Waals surface area contributed by atoms with Crippen molar-refractivity contribution >= 4 is 5.82 Å². The Balaban J connectivity index is 2.04. The molecule has 0 spiro atoms. The summed E-state index contributed by atoms with van der Waals surface area (Å²) in [6, 6.07) is 2.49. The molecule has 1 aliphatic heterocycles. The lowest BCUT2D eigenvalue weighted by molar-refractivity contribution is -0.137. The molecule has 0 bridgehead atoms. The molecule has 1 fully saturated rings. The number of rotatable bonds is 3. The summed E-state index contributed by atoms with van der Waals surface area (Å²) in [6.07, 6.45) is -3.42. The Hall–Kier alpha value is -1.34. The van der Waals surface area contributed by atoms with Crippen LogP contribution >= 0.6 is 0 Å². The van der Waals surface area contributed by atoms with E-state index >= 15 is 0 Å². The second-order valence-electron chi connectivity index (χ2n) is 5.10. The van der Waals surface area contributed by atoms with Crippen LogP contribution in [0.25, 0.3) is 0 Å². The highest BCUT2D eigenvalue weighted by Gasteiger charge is 2.31. The van der Waals surface area contributed by atoms with Crippen molar-refractivity contribution in [2.45, 2.75) is 12.3 Å². The van der Waals surface area contributed by atoms with E-state index in [1.54, 1.807) is 0 Å². The summed E-state index contributed by atoms with van der Waals surface area (Å²) >= 11 is 0. The Bertz CT molecular complexity index is 433. The molecular formula is C13H18F3N3O. The molecule has 0 saturated carbocycles. The lowest BCUT2D eigenvalue weighted by Crippen LogP contribution is -2.46. The van der Waals surface area contributed by atoms with Crippen LogP contribution in [0.4, 0.5) is 19.0 Å². The van der Waals surface area contributed by atoms with E-state index in [1.807, 2.05) is 23.9 Å². The van der Waals surface area contributed by atoms with Crippen molar-refractivity contribution in [3.05, 3.63) is 23.9 Å². The zero-order valence-corrected chi connectivity index (χ0v) is 11.5. The minimum absolute atomic E-state index is 0.0443. The highest BCUT2D eigenvalue weighted by molar-refractivity contribution is 5.40. The van der Waals surface area contributed by atoms with Crippen LogP contribution in [0.1, 0.15) is 5.56 Å². The normalized spacial score (nSPS) is 20.5. The van der Waals surface area contributed by atoms with Crippen molar-refractivity contribution in [1.29, 1.82) is 0 Å². The molecule has 1 aromatic heterocycles. The van der Waals surface area contributed by atoms with Gasteiger partial charge in [-0.2, -0.15) is 13.2 Å². The number of hydrogen-bond donors (Lipinski definition) is 0. The van der Waals surface area contributed by atoms with Crippen molar-refractivity contribution in [3.63, 3.8) is 0 Å². The number of likely N-dealkylation sites (N-methyl/N-ethyl adjacent to an activating group) is 1. The van der Waals surface area contributed by atoms with Crippen molar-refractivity contribution < 1.29 is 17.9 Å². The van der Waals surface area contributed by atoms with E-state index in [9.17, 15) is 13.2 Å². The number of alkyl halides is 3. The fourth-order valence-electron chi connectivity index (χ4n) is 2.19. The van der Waals surface area contributed by atoms with Gasteiger partial charge >= 0.3 is 6.18 Å². The standard InChI is InChI=1S/C13H18F3N3O/c1-18(2)8-11-9-19(5-6-20-11)12-4-3-10(7-17-12)13(14,15)16/h3-4,7,11H,5-6,8-9H2,1-2H3. The Labute approximate surface area is 116 Å². The summed E-state index contributed by atoms with van der Waals surface area (Å²) in [4.78, 5) is 7.90. The summed E-state index contributed by atoms with van der Waals surface area (Å²) in [5, 5.41) is 0. The summed E-state index contributed by atoms with van der Waals surface area (Å²) < 4.78 is 43.1. The lowest BCUT2D eigenvalue weighted by atomic mass is 10.2. The molecule has 1 saturated heterocycles. The van der Waals surface area contributed by atoms with E-state index < -0.39 is 11.7 Å². The third-order valence-electron chi connectivity index (χ3n) is 3.11. The Morgan fingerprint density at radius 3 is 2.70 bits per heavy atom. The fourth-order valence-corrected chi connectivity index (χ4v) is 2.19. The van der Waals surface area contributed by atoms with Crippen LogP contribution in [0.3, 0.4) is 0 Å². The van der Waals surface area contributed by atoms with Gasteiger partial charge in [-0.3, -0.25) is 0 Å². The summed E-state index contributed by atoms with van der Waals surface area (Å²) in [5.74, 6) is 0.560. The molecule has 0 aromatic carbocycles. The van der Waals surface area contributed by atoms with Crippen LogP contribution in [0, 0.1) is 0 Å². The first-order valence-corrected chi connectivity index (χ1v) is 6.41. The molecule has 1 unspecified atom stereocenters. The molecule has 0 radical (unpaired) electrons. The fraction of sp³-hybridized carbons (Fsp3) is 0.615. The van der Waals surface area contributed by atoms with Crippen molar-refractivity contribution in [2.75, 3.05) is 45.2 Å². The van der Waals surface area contributed by atoms with Gasteiger partial charge in [-0.25, -0.2) is 4.98 Å². The van der Waals surface area contributed by atoms with Crippen LogP contribution in [-0.2, 0) is 10.9 Å². The van der Waals surface area contributed by atoms with Gasteiger partial charge in [0, 0.05) is 25.8 Å². The van der Waals surface area contributed by atoms with Crippen LogP contribution in [0.15, 0.2) is 18.3 Å². The van der Waals surface area contributed by atoms with Gasteiger partial charge in [0.1, 0.15) is 5.82 Å². The minimum Gasteiger partial charge on any atom is -0.373 e. The number of halogens is 3. The average molecular weight is 289 g/mol. The van der Waals surface area contributed by atoms with Gasteiger partial charge in [0.15, 0.2) is 0 Å². The predicted molar refractivity (Wildman–Crippen MR) is 69.7 cm³/mol. The quantitative estimate of drug-likeness (QED) is 0.849. The van der Waals surface area contributed by atoms with Gasteiger partial charge in [0.05, 0.1) is 18.3 Å². The zero-order valence-electron chi connectivity index (χ0n) is 11.5. The molecule has 0 N–H and O–H groups in total. The molecule has 1 aromatic rings. The third-order valence-corrected chi connectivity index (χ3v) is 3.11. The number of ether oxygens (including phenoxy) is 1. The first kappa shape index (κ1) is 15.1. The third kappa shape index (κ3) is 3.83. The van der Waals surface area contributed by atoms with E-state index in [-0.39, 0.29) is 6.10 Å². The number of pyridine rings is 1. The Morgan fingerprint density at radius 1 is 1.40 bits per heavy atom. The van der Waals surface area contributed by atoms with Crippen molar-refractivity contribution in [1.82, 2.24) is 9.88 Å². The van der Waals surface area contributed by atoms with Crippen LogP contribution < -0.4 is 4.90 Å². The second-order valence-corrected chi connectivity index (χ2v) is 5.10. The molecule has 112 valence electrons. The highest BCUT2D eigenvalue weighted by atomic mass is 19.4. The molecule has 4 nitrogen and oxygen atoms in total. The average Bonchev–Trinajstić information content (AvgIpc) is 2.37. The van der Waals surface area contributed by atoms with Gasteiger partial charge in [0.25, 0.3) is 0 Å². The molecule has 2 heterocycles. The smallest absolute Gasteiger partial charge is 0.373 e. The first-order chi connectivity index (χ1) is 9.36. The molecule has 20 heavy (non-hydrogen) atoms. The van der Waals surface area contributed by atoms with E-state index in [0.29, 0.717) is 25.5 Å². The maximum atomic E-state index is 12.5. The number of aromatic nitrogens is 1. The molecular weight excluding hydrogens is 271 g/mol. The number of nitrogens with zero attached hydrogens (tertiary/aromatic N) is 3. The van der Waals surface area contributed by atoms with Gasteiger partial charge in [-0.05, 0) is 26.2 Å². The van der Waals surface area contributed by atoms with E-state index in [0.717, 1.165) is 18.8 Å². The SMILES string of the molecule is CN(C)CC1CN(c2ccc(C(F)(F)F)cn2)CCO1. The predicted octanol–water partition coefficient (Wildman–Crippen LogP) is 1.87. The van der Waals surface area contributed by atoms with Gasteiger partial charge < -0.3 is 14.5 Å². The molecule has 0 amide bonds. The Kier molecular flexibility index (Phi) is 4.49. The molecule has 1 atom stereocenters. The van der Waals surface area contributed by atoms with E-state index in [2.05, 4.69) is 4.98 Å². The molecule has 7 heteroatoms. The van der Waals surface area contributed by atoms with E-state index in [4.69, 9.17) is 4.74 Å². The van der Waals surface area contributed by atoms with Crippen LogP contribution in [-0.4, -0.2) is 56.3 Å². The van der Waals surface area contributed by atoms with Crippen molar-refractivity contribution in [3.8, 4) is 0 Å². The van der Waals surface area contributed by atoms with Crippen LogP contribution in [0.5, 0.6) is 0 Å². The first-order valence-electron chi connectivity index (χ1n) is 6.41. The maximum Gasteiger partial charge on any atom is 0.417 e. The zero-order chi connectivity index (χ0) is 14.8. The number of morpholine rings is 1. The molecule has 0 aliphatic carbocycles. The molecule has 1 aliphatic rings. The number of hydrogen-bond acceptors (Lipinski definition) is 4. The van der Waals surface area contributed by atoms with Gasteiger partial charge in [-0.1, -0.05) is 0 Å². The minimum atomic E-state index is -4.34. The summed E-state index contributed by atoms with van der Waals surface area (Å²) in [7, 11) is 3.91. The topological polar surface area (TPSA) is 28.6 Å². The van der Waals surface area contributed by atoms with Crippen LogP contribution in [0.2, 0.25) is 0 Å². The van der Waals surface area contributed by atoms with Gasteiger partial charge in [-0.15, -0.1) is 0 Å². The summed E-state index contributed by atoms with van der Waals surface area (Å²) in [5.41, 5.74) is -0.723.